The van der Waals surface area contributed by atoms with Crippen molar-refractivity contribution in [2.24, 2.45) is 10.7 Å². The lowest BCUT2D eigenvalue weighted by molar-refractivity contribution is 0.262. The normalized spacial score (nSPS) is 17.5. The highest BCUT2D eigenvalue weighted by atomic mass is 16.5. The number of benzene rings is 2. The number of hydrogen-bond donors (Lipinski definition) is 2. The van der Waals surface area contributed by atoms with E-state index >= 15 is 0 Å². The van der Waals surface area contributed by atoms with E-state index in [4.69, 9.17) is 15.0 Å². The number of para-hydroxylation sites is 1. The maximum absolute atomic E-state index is 6.12. The zero-order valence-electron chi connectivity index (χ0n) is 15.7. The summed E-state index contributed by atoms with van der Waals surface area (Å²) < 4.78 is 11.1. The first-order valence-electron chi connectivity index (χ1n) is 9.38. The highest BCUT2D eigenvalue weighted by Crippen LogP contribution is 2.31. The van der Waals surface area contributed by atoms with Crippen LogP contribution < -0.4 is 15.8 Å². The van der Waals surface area contributed by atoms with Crippen molar-refractivity contribution in [1.82, 2.24) is 15.5 Å². The van der Waals surface area contributed by atoms with Crippen LogP contribution in [0.5, 0.6) is 5.75 Å². The smallest absolute Gasteiger partial charge is 0.231 e. The Labute approximate surface area is 163 Å². The molecule has 0 saturated heterocycles. The van der Waals surface area contributed by atoms with Crippen LogP contribution in [-0.4, -0.2) is 29.3 Å². The second-order valence-electron chi connectivity index (χ2n) is 6.82. The number of hydrogen-bond acceptors (Lipinski definition) is 5. The molecular formula is C21H23N5O2. The van der Waals surface area contributed by atoms with Crippen LogP contribution in [-0.2, 0) is 0 Å². The number of nitrogens with zero attached hydrogens (tertiary/aromatic N) is 3. The first kappa shape index (κ1) is 18.0. The predicted octanol–water partition coefficient (Wildman–Crippen LogP) is 3.27. The lowest BCUT2D eigenvalue weighted by atomic mass is 10.0. The Morgan fingerprint density at radius 1 is 1.21 bits per heavy atom. The van der Waals surface area contributed by atoms with Crippen molar-refractivity contribution in [3.05, 3.63) is 66.1 Å². The molecule has 1 aromatic heterocycles. The van der Waals surface area contributed by atoms with Crippen LogP contribution in [0.1, 0.15) is 36.8 Å². The zero-order valence-corrected chi connectivity index (χ0v) is 15.7. The van der Waals surface area contributed by atoms with Crippen molar-refractivity contribution >= 4 is 5.96 Å². The third kappa shape index (κ3) is 3.98. The highest BCUT2D eigenvalue weighted by Gasteiger charge is 2.21. The zero-order chi connectivity index (χ0) is 19.3. The molecule has 0 amide bonds. The number of ether oxygens (including phenoxy) is 1. The van der Waals surface area contributed by atoms with Crippen molar-refractivity contribution in [3.8, 4) is 17.1 Å². The van der Waals surface area contributed by atoms with Crippen molar-refractivity contribution in [2.75, 3.05) is 13.2 Å². The molecule has 1 aliphatic rings. The first-order chi connectivity index (χ1) is 13.7. The van der Waals surface area contributed by atoms with E-state index in [1.54, 1.807) is 0 Å². The molecule has 2 aromatic carbocycles. The summed E-state index contributed by atoms with van der Waals surface area (Å²) in [7, 11) is 0. The second-order valence-corrected chi connectivity index (χ2v) is 6.82. The Morgan fingerprint density at radius 2 is 2.00 bits per heavy atom. The van der Waals surface area contributed by atoms with Crippen LogP contribution in [0.4, 0.5) is 0 Å². The number of fused-ring (bicyclic) bond motifs is 1. The van der Waals surface area contributed by atoms with E-state index in [0.29, 0.717) is 30.8 Å². The summed E-state index contributed by atoms with van der Waals surface area (Å²) in [5, 5.41) is 7.35. The monoisotopic (exact) mass is 377 g/mol. The van der Waals surface area contributed by atoms with E-state index in [0.717, 1.165) is 23.3 Å². The Bertz CT molecular complexity index is 954. The minimum atomic E-state index is -0.0349. The fourth-order valence-corrected chi connectivity index (χ4v) is 3.17. The molecule has 1 aliphatic heterocycles. The minimum absolute atomic E-state index is 0.0349. The van der Waals surface area contributed by atoms with Gasteiger partial charge in [-0.2, -0.15) is 4.98 Å². The number of aliphatic imine (C=N–C) groups is 1. The van der Waals surface area contributed by atoms with Gasteiger partial charge in [-0.1, -0.05) is 60.6 Å². The van der Waals surface area contributed by atoms with Gasteiger partial charge in [-0.15, -0.1) is 0 Å². The molecule has 3 N–H and O–H groups in total. The molecule has 0 radical (unpaired) electrons. The average molecular weight is 377 g/mol. The van der Waals surface area contributed by atoms with Gasteiger partial charge in [0, 0.05) is 17.5 Å². The Hall–Kier alpha value is -3.35. The van der Waals surface area contributed by atoms with E-state index in [9.17, 15) is 0 Å². The van der Waals surface area contributed by atoms with Gasteiger partial charge in [0.05, 0.1) is 25.1 Å². The van der Waals surface area contributed by atoms with Crippen LogP contribution in [0.15, 0.2) is 64.1 Å². The third-order valence-electron chi connectivity index (χ3n) is 4.71. The molecule has 7 heteroatoms. The molecule has 0 spiro atoms. The number of guanidine groups is 1. The number of rotatable bonds is 5. The Balaban J connectivity index is 1.38. The third-order valence-corrected chi connectivity index (χ3v) is 4.71. The van der Waals surface area contributed by atoms with Gasteiger partial charge in [0.15, 0.2) is 5.96 Å². The van der Waals surface area contributed by atoms with Gasteiger partial charge < -0.3 is 20.3 Å². The van der Waals surface area contributed by atoms with Gasteiger partial charge in [0.1, 0.15) is 5.75 Å². The Morgan fingerprint density at radius 3 is 2.86 bits per heavy atom. The molecular weight excluding hydrogens is 354 g/mol. The molecule has 0 saturated carbocycles. The fraction of sp³-hybridized carbons (Fsp3) is 0.286. The summed E-state index contributed by atoms with van der Waals surface area (Å²) in [6.45, 7) is 3.10. The van der Waals surface area contributed by atoms with Crippen LogP contribution in [0.3, 0.4) is 0 Å². The van der Waals surface area contributed by atoms with Gasteiger partial charge in [-0.05, 0) is 6.07 Å². The first-order valence-corrected chi connectivity index (χ1v) is 9.38. The molecule has 2 atom stereocenters. The molecule has 0 aliphatic carbocycles. The SMILES string of the molecule is CC(CN=C(N)NC1CCOc2ccccc21)c1nc(-c2ccccc2)no1. The molecule has 0 bridgehead atoms. The summed E-state index contributed by atoms with van der Waals surface area (Å²) in [5.41, 5.74) is 8.14. The van der Waals surface area contributed by atoms with E-state index in [2.05, 4.69) is 20.4 Å². The van der Waals surface area contributed by atoms with Crippen molar-refractivity contribution < 1.29 is 9.26 Å². The summed E-state index contributed by atoms with van der Waals surface area (Å²) in [4.78, 5) is 8.94. The Kier molecular flexibility index (Phi) is 5.23. The van der Waals surface area contributed by atoms with Crippen LogP contribution >= 0.6 is 0 Å². The summed E-state index contributed by atoms with van der Waals surface area (Å²) in [6, 6.07) is 17.8. The molecule has 2 heterocycles. The topological polar surface area (TPSA) is 98.6 Å². The fourth-order valence-electron chi connectivity index (χ4n) is 3.17. The molecule has 144 valence electrons. The lowest BCUT2D eigenvalue weighted by Gasteiger charge is -2.27. The molecule has 3 aromatic rings. The number of nitrogens with one attached hydrogen (secondary N) is 1. The lowest BCUT2D eigenvalue weighted by Crippen LogP contribution is -2.37. The van der Waals surface area contributed by atoms with Gasteiger partial charge in [0.25, 0.3) is 0 Å². The van der Waals surface area contributed by atoms with Crippen LogP contribution in [0, 0.1) is 0 Å². The van der Waals surface area contributed by atoms with E-state index < -0.39 is 0 Å². The van der Waals surface area contributed by atoms with Gasteiger partial charge in [0.2, 0.25) is 11.7 Å². The van der Waals surface area contributed by atoms with Crippen LogP contribution in [0.25, 0.3) is 11.4 Å². The van der Waals surface area contributed by atoms with E-state index in [1.807, 2.05) is 61.5 Å². The summed E-state index contributed by atoms with van der Waals surface area (Å²) >= 11 is 0. The molecule has 4 rings (SSSR count). The van der Waals surface area contributed by atoms with Gasteiger partial charge >= 0.3 is 0 Å². The standard InChI is InChI=1S/C21H23N5O2/c1-14(20-25-19(26-28-20)15-7-3-2-4-8-15)13-23-21(22)24-17-11-12-27-18-10-6-5-9-16(17)18/h2-10,14,17H,11-13H2,1H3,(H3,22,23,24). The molecule has 0 fully saturated rings. The summed E-state index contributed by atoms with van der Waals surface area (Å²) in [6.07, 6.45) is 0.840. The van der Waals surface area contributed by atoms with E-state index in [-0.39, 0.29) is 12.0 Å². The van der Waals surface area contributed by atoms with Gasteiger partial charge in [-0.3, -0.25) is 4.99 Å². The minimum Gasteiger partial charge on any atom is -0.493 e. The molecule has 2 unspecified atom stereocenters. The maximum Gasteiger partial charge on any atom is 0.231 e. The average Bonchev–Trinajstić information content (AvgIpc) is 3.23. The van der Waals surface area contributed by atoms with E-state index in [1.165, 1.54) is 0 Å². The van der Waals surface area contributed by atoms with Crippen molar-refractivity contribution in [1.29, 1.82) is 0 Å². The van der Waals surface area contributed by atoms with Gasteiger partial charge in [-0.25, -0.2) is 0 Å². The summed E-state index contributed by atoms with van der Waals surface area (Å²) in [5.74, 6) is 2.39. The largest absolute Gasteiger partial charge is 0.493 e. The highest BCUT2D eigenvalue weighted by molar-refractivity contribution is 5.78. The van der Waals surface area contributed by atoms with Crippen LogP contribution in [0.2, 0.25) is 0 Å². The molecule has 28 heavy (non-hydrogen) atoms. The number of aromatic nitrogens is 2. The molecule has 7 nitrogen and oxygen atoms in total. The number of nitrogens with two attached hydrogens (primary N) is 1. The predicted molar refractivity (Wildman–Crippen MR) is 107 cm³/mol. The van der Waals surface area contributed by atoms with Crippen molar-refractivity contribution in [3.63, 3.8) is 0 Å². The maximum atomic E-state index is 6.12. The van der Waals surface area contributed by atoms with Crippen molar-refractivity contribution in [2.45, 2.75) is 25.3 Å². The quantitative estimate of drug-likeness (QED) is 0.523. The second kappa shape index (κ2) is 8.12.